The molecule has 18 heavy (non-hydrogen) atoms. The molecule has 4 aromatic heterocycles. The summed E-state index contributed by atoms with van der Waals surface area (Å²) in [5, 5.41) is 7.68. The Morgan fingerprint density at radius 3 is 2.56 bits per heavy atom. The van der Waals surface area contributed by atoms with E-state index in [0.717, 1.165) is 16.8 Å². The Bertz CT molecular complexity index is 667. The molecule has 4 heterocycles. The van der Waals surface area contributed by atoms with Gasteiger partial charge in [0.1, 0.15) is 6.33 Å². The summed E-state index contributed by atoms with van der Waals surface area (Å²) in [6.45, 7) is 0. The smallest absolute Gasteiger partial charge is 0.179 e. The Morgan fingerprint density at radius 2 is 1.83 bits per heavy atom. The van der Waals surface area contributed by atoms with Gasteiger partial charge in [0, 0.05) is 31.0 Å². The van der Waals surface area contributed by atoms with E-state index in [1.165, 1.54) is 0 Å². The van der Waals surface area contributed by atoms with Crippen molar-refractivity contribution < 1.29 is 0 Å². The molecule has 88 valence electrons. The molecule has 0 saturated carbocycles. The van der Waals surface area contributed by atoms with Gasteiger partial charge in [-0.1, -0.05) is 0 Å². The van der Waals surface area contributed by atoms with Crippen LogP contribution in [-0.2, 0) is 0 Å². The van der Waals surface area contributed by atoms with Crippen LogP contribution in [0.1, 0.15) is 0 Å². The van der Waals surface area contributed by atoms with E-state index < -0.39 is 0 Å². The van der Waals surface area contributed by atoms with Gasteiger partial charge in [0.05, 0.1) is 11.7 Å². The normalized spacial score (nSPS) is 10.2. The number of aromatic nitrogens is 7. The molecule has 0 aromatic carbocycles. The molecule has 0 fully saturated rings. The standard InChI is InChI=1S/C7H5N5.C4H4N2/c1-2-8-7-5(1)12-4-10-11-6(12)3-9-7;1-2-6-4-3-5-1/h1-4,8H;1-4H. The van der Waals surface area contributed by atoms with Gasteiger partial charge in [0.25, 0.3) is 0 Å². The predicted octanol–water partition coefficient (Wildman–Crippen LogP) is 1.08. The maximum atomic E-state index is 4.16. The van der Waals surface area contributed by atoms with Crippen LogP contribution in [0.3, 0.4) is 0 Å². The molecule has 0 bridgehead atoms. The molecule has 4 rings (SSSR count). The zero-order valence-electron chi connectivity index (χ0n) is 9.30. The van der Waals surface area contributed by atoms with Crippen LogP contribution < -0.4 is 0 Å². The number of hydrogen-bond donors (Lipinski definition) is 1. The van der Waals surface area contributed by atoms with E-state index in [2.05, 4.69) is 30.1 Å². The average Bonchev–Trinajstić information content (AvgIpc) is 3.09. The number of hydrogen-bond acceptors (Lipinski definition) is 5. The third kappa shape index (κ3) is 1.88. The number of rotatable bonds is 0. The molecule has 0 aliphatic heterocycles. The van der Waals surface area contributed by atoms with Crippen LogP contribution in [0.5, 0.6) is 0 Å². The predicted molar refractivity (Wildman–Crippen MR) is 64.7 cm³/mol. The minimum Gasteiger partial charge on any atom is -0.345 e. The lowest BCUT2D eigenvalue weighted by atomic mass is 10.5. The summed E-state index contributed by atoms with van der Waals surface area (Å²) in [4.78, 5) is 14.6. The van der Waals surface area contributed by atoms with Crippen LogP contribution in [0, 0.1) is 0 Å². The molecule has 0 spiro atoms. The van der Waals surface area contributed by atoms with E-state index in [4.69, 9.17) is 0 Å². The summed E-state index contributed by atoms with van der Waals surface area (Å²) < 4.78 is 1.89. The number of fused-ring (bicyclic) bond motifs is 3. The van der Waals surface area contributed by atoms with Crippen LogP contribution in [0.15, 0.2) is 49.6 Å². The van der Waals surface area contributed by atoms with Gasteiger partial charge in [0.2, 0.25) is 0 Å². The Kier molecular flexibility index (Phi) is 2.63. The van der Waals surface area contributed by atoms with Crippen LogP contribution >= 0.6 is 0 Å². The van der Waals surface area contributed by atoms with Gasteiger partial charge in [-0.2, -0.15) is 0 Å². The second-order valence-corrected chi connectivity index (χ2v) is 3.42. The van der Waals surface area contributed by atoms with E-state index in [0.29, 0.717) is 0 Å². The summed E-state index contributed by atoms with van der Waals surface area (Å²) in [5.74, 6) is 0. The number of nitrogens with zero attached hydrogens (tertiary/aromatic N) is 6. The van der Waals surface area contributed by atoms with E-state index in [1.54, 1.807) is 37.3 Å². The Hall–Kier alpha value is -2.83. The molecule has 7 heteroatoms. The number of aromatic amines is 1. The molecule has 0 radical (unpaired) electrons. The van der Waals surface area contributed by atoms with Crippen LogP contribution in [0.2, 0.25) is 0 Å². The van der Waals surface area contributed by atoms with Gasteiger partial charge in [-0.25, -0.2) is 4.98 Å². The maximum absolute atomic E-state index is 4.16. The molecule has 0 aliphatic carbocycles. The monoisotopic (exact) mass is 239 g/mol. The van der Waals surface area contributed by atoms with E-state index in [1.807, 2.05) is 16.7 Å². The number of H-pyrrole nitrogens is 1. The molecule has 0 unspecified atom stereocenters. The second-order valence-electron chi connectivity index (χ2n) is 3.42. The average molecular weight is 239 g/mol. The quantitative estimate of drug-likeness (QED) is 0.496. The second kappa shape index (κ2) is 4.58. The lowest BCUT2D eigenvalue weighted by Crippen LogP contribution is -1.86. The third-order valence-corrected chi connectivity index (χ3v) is 2.32. The zero-order valence-corrected chi connectivity index (χ0v) is 9.30. The zero-order chi connectivity index (χ0) is 12.2. The topological polar surface area (TPSA) is 84.6 Å². The first-order valence-corrected chi connectivity index (χ1v) is 5.27. The van der Waals surface area contributed by atoms with Gasteiger partial charge in [-0.05, 0) is 6.07 Å². The van der Waals surface area contributed by atoms with Crippen LogP contribution in [0.4, 0.5) is 0 Å². The highest BCUT2D eigenvalue weighted by Crippen LogP contribution is 2.09. The fourth-order valence-corrected chi connectivity index (χ4v) is 1.54. The van der Waals surface area contributed by atoms with Crippen molar-refractivity contribution in [1.29, 1.82) is 0 Å². The first-order valence-electron chi connectivity index (χ1n) is 5.27. The molecule has 0 atom stereocenters. The fraction of sp³-hybridized carbons (Fsp3) is 0. The maximum Gasteiger partial charge on any atom is 0.179 e. The molecular formula is C11H9N7. The van der Waals surface area contributed by atoms with Crippen molar-refractivity contribution in [2.24, 2.45) is 0 Å². The molecule has 0 aliphatic rings. The van der Waals surface area contributed by atoms with E-state index in [-0.39, 0.29) is 0 Å². The highest BCUT2D eigenvalue weighted by molar-refractivity contribution is 5.73. The molecule has 1 N–H and O–H groups in total. The van der Waals surface area contributed by atoms with E-state index >= 15 is 0 Å². The fourth-order valence-electron chi connectivity index (χ4n) is 1.54. The van der Waals surface area contributed by atoms with E-state index in [9.17, 15) is 0 Å². The largest absolute Gasteiger partial charge is 0.345 e. The van der Waals surface area contributed by atoms with Crippen LogP contribution in [0.25, 0.3) is 16.8 Å². The minimum absolute atomic E-state index is 0.766. The first kappa shape index (κ1) is 10.3. The Morgan fingerprint density at radius 1 is 1.06 bits per heavy atom. The SMILES string of the molecule is c1cc2c(ncc3nncn32)[nH]1.c1cnccn1. The molecular weight excluding hydrogens is 230 g/mol. The van der Waals surface area contributed by atoms with Crippen molar-refractivity contribution in [1.82, 2.24) is 34.5 Å². The Labute approximate surface area is 102 Å². The van der Waals surface area contributed by atoms with Crippen molar-refractivity contribution in [2.75, 3.05) is 0 Å². The molecule has 4 aromatic rings. The third-order valence-electron chi connectivity index (χ3n) is 2.32. The molecule has 0 amide bonds. The Balaban J connectivity index is 0.000000142. The van der Waals surface area contributed by atoms with Crippen molar-refractivity contribution in [3.63, 3.8) is 0 Å². The van der Waals surface area contributed by atoms with Crippen LogP contribution in [-0.4, -0.2) is 34.5 Å². The van der Waals surface area contributed by atoms with Crippen molar-refractivity contribution in [3.05, 3.63) is 49.6 Å². The highest BCUT2D eigenvalue weighted by atomic mass is 15.2. The lowest BCUT2D eigenvalue weighted by molar-refractivity contribution is 1.11. The summed E-state index contributed by atoms with van der Waals surface area (Å²) in [5.41, 5.74) is 2.61. The van der Waals surface area contributed by atoms with Gasteiger partial charge < -0.3 is 4.98 Å². The van der Waals surface area contributed by atoms with Crippen molar-refractivity contribution >= 4 is 16.8 Å². The summed E-state index contributed by atoms with van der Waals surface area (Å²) in [7, 11) is 0. The van der Waals surface area contributed by atoms with Gasteiger partial charge in [-0.3, -0.25) is 14.4 Å². The molecule has 0 saturated heterocycles. The minimum atomic E-state index is 0.766. The van der Waals surface area contributed by atoms with Gasteiger partial charge >= 0.3 is 0 Å². The number of nitrogens with one attached hydrogen (secondary N) is 1. The van der Waals surface area contributed by atoms with Gasteiger partial charge in [-0.15, -0.1) is 10.2 Å². The summed E-state index contributed by atoms with van der Waals surface area (Å²) in [6, 6.07) is 1.94. The summed E-state index contributed by atoms with van der Waals surface area (Å²) >= 11 is 0. The van der Waals surface area contributed by atoms with Crippen molar-refractivity contribution in [2.45, 2.75) is 0 Å². The lowest BCUT2D eigenvalue weighted by Gasteiger charge is -1.91. The first-order chi connectivity index (χ1) is 8.95. The van der Waals surface area contributed by atoms with Gasteiger partial charge in [0.15, 0.2) is 11.3 Å². The highest BCUT2D eigenvalue weighted by Gasteiger charge is 2.01. The molecule has 7 nitrogen and oxygen atoms in total. The summed E-state index contributed by atoms with van der Waals surface area (Å²) in [6.07, 6.45) is 11.8. The van der Waals surface area contributed by atoms with Crippen molar-refractivity contribution in [3.8, 4) is 0 Å².